The fraction of sp³-hybridized carbons (Fsp3) is 0.280. The van der Waals surface area contributed by atoms with Crippen LogP contribution >= 0.6 is 0 Å². The number of piperidine rings is 1. The second kappa shape index (κ2) is 10.6. The molecule has 0 unspecified atom stereocenters. The van der Waals surface area contributed by atoms with Crippen LogP contribution in [-0.2, 0) is 10.0 Å². The molecule has 1 aliphatic rings. The van der Waals surface area contributed by atoms with Gasteiger partial charge in [0.25, 0.3) is 10.0 Å². The standard InChI is InChI=1S/C25H29N5O3S/c1-2-30(22-11-7-4-8-12-22)34(32,33)23-13-14-24(26-19-23)27-21-15-17-29(18-16-21)25(31)28-20-9-5-3-6-10-20/h3-14,19,21H,2,15-18H2,1H3,(H,26,27)(H,28,31). The van der Waals surface area contributed by atoms with Crippen molar-refractivity contribution >= 4 is 33.2 Å². The number of benzene rings is 2. The van der Waals surface area contributed by atoms with Crippen molar-refractivity contribution in [1.82, 2.24) is 9.88 Å². The summed E-state index contributed by atoms with van der Waals surface area (Å²) in [7, 11) is -3.70. The molecular formula is C25H29N5O3S. The maximum absolute atomic E-state index is 13.1. The number of nitrogens with one attached hydrogen (secondary N) is 2. The first-order chi connectivity index (χ1) is 16.5. The highest BCUT2D eigenvalue weighted by Crippen LogP contribution is 2.24. The van der Waals surface area contributed by atoms with Crippen LogP contribution < -0.4 is 14.9 Å². The van der Waals surface area contributed by atoms with Crippen molar-refractivity contribution in [3.05, 3.63) is 79.0 Å². The molecule has 2 N–H and O–H groups in total. The number of anilines is 3. The molecule has 2 aromatic carbocycles. The van der Waals surface area contributed by atoms with E-state index in [9.17, 15) is 13.2 Å². The summed E-state index contributed by atoms with van der Waals surface area (Å²) in [6, 6.07) is 21.8. The van der Waals surface area contributed by atoms with E-state index in [4.69, 9.17) is 0 Å². The normalized spacial score (nSPS) is 14.4. The minimum absolute atomic E-state index is 0.101. The van der Waals surface area contributed by atoms with Gasteiger partial charge in [0.1, 0.15) is 10.7 Å². The van der Waals surface area contributed by atoms with Crippen LogP contribution in [-0.4, -0.2) is 50.0 Å². The van der Waals surface area contributed by atoms with E-state index in [-0.39, 0.29) is 17.0 Å². The predicted octanol–water partition coefficient (Wildman–Crippen LogP) is 4.41. The van der Waals surface area contributed by atoms with Crippen LogP contribution in [0.3, 0.4) is 0 Å². The lowest BCUT2D eigenvalue weighted by Gasteiger charge is -2.32. The lowest BCUT2D eigenvalue weighted by atomic mass is 10.1. The molecular weight excluding hydrogens is 450 g/mol. The Morgan fingerprint density at radius 1 is 1.00 bits per heavy atom. The Labute approximate surface area is 200 Å². The number of nitrogens with zero attached hydrogens (tertiary/aromatic N) is 3. The number of hydrogen-bond acceptors (Lipinski definition) is 5. The van der Waals surface area contributed by atoms with E-state index in [2.05, 4.69) is 15.6 Å². The van der Waals surface area contributed by atoms with Crippen molar-refractivity contribution in [3.8, 4) is 0 Å². The van der Waals surface area contributed by atoms with Gasteiger partial charge in [-0.25, -0.2) is 18.2 Å². The van der Waals surface area contributed by atoms with E-state index >= 15 is 0 Å². The smallest absolute Gasteiger partial charge is 0.321 e. The van der Waals surface area contributed by atoms with E-state index in [1.807, 2.05) is 48.5 Å². The molecule has 9 heteroatoms. The molecule has 0 aliphatic carbocycles. The van der Waals surface area contributed by atoms with Crippen LogP contribution in [0.15, 0.2) is 83.9 Å². The number of amides is 2. The van der Waals surface area contributed by atoms with Gasteiger partial charge in [-0.05, 0) is 56.2 Å². The van der Waals surface area contributed by atoms with Gasteiger partial charge < -0.3 is 15.5 Å². The second-order valence-electron chi connectivity index (χ2n) is 8.09. The van der Waals surface area contributed by atoms with Crippen molar-refractivity contribution in [1.29, 1.82) is 0 Å². The highest BCUT2D eigenvalue weighted by atomic mass is 32.2. The summed E-state index contributed by atoms with van der Waals surface area (Å²) in [5.74, 6) is 0.619. The van der Waals surface area contributed by atoms with Gasteiger partial charge in [-0.1, -0.05) is 36.4 Å². The number of urea groups is 1. The quantitative estimate of drug-likeness (QED) is 0.524. The molecule has 0 saturated carbocycles. The van der Waals surface area contributed by atoms with E-state index in [0.717, 1.165) is 18.5 Å². The van der Waals surface area contributed by atoms with Gasteiger partial charge in [0.15, 0.2) is 0 Å². The van der Waals surface area contributed by atoms with E-state index in [1.165, 1.54) is 10.5 Å². The Hall–Kier alpha value is -3.59. The molecule has 0 radical (unpaired) electrons. The van der Waals surface area contributed by atoms with Crippen LogP contribution in [0.4, 0.5) is 22.0 Å². The van der Waals surface area contributed by atoms with Crippen molar-refractivity contribution < 1.29 is 13.2 Å². The number of pyridine rings is 1. The highest BCUT2D eigenvalue weighted by Gasteiger charge is 2.25. The number of hydrogen-bond donors (Lipinski definition) is 2. The summed E-state index contributed by atoms with van der Waals surface area (Å²) in [4.78, 5) is 18.8. The van der Waals surface area contributed by atoms with Crippen LogP contribution in [0, 0.1) is 0 Å². The highest BCUT2D eigenvalue weighted by molar-refractivity contribution is 7.92. The molecule has 1 fully saturated rings. The number of likely N-dealkylation sites (tertiary alicyclic amines) is 1. The van der Waals surface area contributed by atoms with Crippen molar-refractivity contribution in [2.75, 3.05) is 34.6 Å². The third kappa shape index (κ3) is 5.48. The molecule has 1 saturated heterocycles. The van der Waals surface area contributed by atoms with Crippen LogP contribution in [0.5, 0.6) is 0 Å². The minimum Gasteiger partial charge on any atom is -0.367 e. The van der Waals surface area contributed by atoms with Crippen LogP contribution in [0.25, 0.3) is 0 Å². The summed E-state index contributed by atoms with van der Waals surface area (Å²) in [6.07, 6.45) is 2.95. The molecule has 178 valence electrons. The molecule has 1 aromatic heterocycles. The first-order valence-electron chi connectivity index (χ1n) is 11.4. The Morgan fingerprint density at radius 2 is 1.65 bits per heavy atom. The number of carbonyl (C=O) groups excluding carboxylic acids is 1. The molecule has 1 aliphatic heterocycles. The minimum atomic E-state index is -3.70. The number of aromatic nitrogens is 1. The summed E-state index contributed by atoms with van der Waals surface area (Å²) in [5, 5.41) is 6.28. The molecule has 0 bridgehead atoms. The fourth-order valence-electron chi connectivity index (χ4n) is 3.99. The average molecular weight is 480 g/mol. The van der Waals surface area contributed by atoms with Gasteiger partial charge in [0.05, 0.1) is 5.69 Å². The topological polar surface area (TPSA) is 94.6 Å². The lowest BCUT2D eigenvalue weighted by Crippen LogP contribution is -2.44. The summed E-state index contributed by atoms with van der Waals surface area (Å²) in [6.45, 7) is 3.39. The maximum Gasteiger partial charge on any atom is 0.321 e. The monoisotopic (exact) mass is 479 g/mol. The van der Waals surface area contributed by atoms with Crippen LogP contribution in [0.1, 0.15) is 19.8 Å². The molecule has 4 rings (SSSR count). The Balaban J connectivity index is 1.33. The third-order valence-corrected chi connectivity index (χ3v) is 7.70. The van der Waals surface area contributed by atoms with Crippen molar-refractivity contribution in [3.63, 3.8) is 0 Å². The summed E-state index contributed by atoms with van der Waals surface area (Å²) < 4.78 is 27.6. The van der Waals surface area contributed by atoms with Crippen molar-refractivity contribution in [2.24, 2.45) is 0 Å². The number of carbonyl (C=O) groups is 1. The zero-order chi connectivity index (χ0) is 24.0. The van der Waals surface area contributed by atoms with Gasteiger partial charge in [0, 0.05) is 37.6 Å². The van der Waals surface area contributed by atoms with Gasteiger partial charge in [0.2, 0.25) is 0 Å². The predicted molar refractivity (Wildman–Crippen MR) is 135 cm³/mol. The second-order valence-corrected chi connectivity index (χ2v) is 9.95. The average Bonchev–Trinajstić information content (AvgIpc) is 2.86. The summed E-state index contributed by atoms with van der Waals surface area (Å²) >= 11 is 0. The lowest BCUT2D eigenvalue weighted by molar-refractivity contribution is 0.197. The first-order valence-corrected chi connectivity index (χ1v) is 12.8. The van der Waals surface area contributed by atoms with E-state index in [1.54, 1.807) is 36.1 Å². The van der Waals surface area contributed by atoms with Gasteiger partial charge in [-0.2, -0.15) is 0 Å². The van der Waals surface area contributed by atoms with Gasteiger partial charge in [-0.3, -0.25) is 4.31 Å². The molecule has 2 heterocycles. The van der Waals surface area contributed by atoms with Crippen LogP contribution in [0.2, 0.25) is 0 Å². The zero-order valence-corrected chi connectivity index (χ0v) is 19.9. The summed E-state index contributed by atoms with van der Waals surface area (Å²) in [5.41, 5.74) is 1.40. The third-order valence-electron chi connectivity index (χ3n) is 5.81. The molecule has 34 heavy (non-hydrogen) atoms. The number of para-hydroxylation sites is 2. The van der Waals surface area contributed by atoms with E-state index < -0.39 is 10.0 Å². The Bertz CT molecular complexity index is 1180. The Morgan fingerprint density at radius 3 is 2.24 bits per heavy atom. The molecule has 2 amide bonds. The van der Waals surface area contributed by atoms with Gasteiger partial charge in [-0.15, -0.1) is 0 Å². The molecule has 3 aromatic rings. The first kappa shape index (κ1) is 23.6. The zero-order valence-electron chi connectivity index (χ0n) is 19.1. The number of rotatable bonds is 7. The molecule has 0 spiro atoms. The largest absolute Gasteiger partial charge is 0.367 e. The fourth-order valence-corrected chi connectivity index (χ4v) is 5.41. The van der Waals surface area contributed by atoms with Gasteiger partial charge >= 0.3 is 6.03 Å². The molecule has 8 nitrogen and oxygen atoms in total. The maximum atomic E-state index is 13.1. The Kier molecular flexibility index (Phi) is 7.32. The SMILES string of the molecule is CCN(c1ccccc1)S(=O)(=O)c1ccc(NC2CCN(C(=O)Nc3ccccc3)CC2)nc1. The van der Waals surface area contributed by atoms with E-state index in [0.29, 0.717) is 31.1 Å². The molecule has 0 atom stereocenters. The van der Waals surface area contributed by atoms with Crippen molar-refractivity contribution in [2.45, 2.75) is 30.7 Å². The number of sulfonamides is 1.